The highest BCUT2D eigenvalue weighted by Gasteiger charge is 2.31. The van der Waals surface area contributed by atoms with Gasteiger partial charge in [0.15, 0.2) is 0 Å². The van der Waals surface area contributed by atoms with Crippen LogP contribution >= 0.6 is 23.2 Å². The third-order valence-electron chi connectivity index (χ3n) is 4.38. The molecule has 0 bridgehead atoms. The lowest BCUT2D eigenvalue weighted by Gasteiger charge is -2.27. The van der Waals surface area contributed by atoms with Gasteiger partial charge in [0.2, 0.25) is 0 Å². The topological polar surface area (TPSA) is 20.2 Å². The first-order chi connectivity index (χ1) is 9.02. The number of rotatable bonds is 3. The van der Waals surface area contributed by atoms with Gasteiger partial charge in [-0.25, -0.2) is 0 Å². The lowest BCUT2D eigenvalue weighted by Crippen LogP contribution is -2.30. The molecule has 2 rings (SSSR count). The molecule has 0 saturated heterocycles. The zero-order chi connectivity index (χ0) is 13.9. The molecule has 1 aliphatic carbocycles. The van der Waals surface area contributed by atoms with E-state index in [4.69, 9.17) is 23.2 Å². The molecule has 0 radical (unpaired) electrons. The molecule has 106 valence electrons. The molecule has 2 atom stereocenters. The van der Waals surface area contributed by atoms with Crippen LogP contribution in [-0.2, 0) is 6.42 Å². The van der Waals surface area contributed by atoms with Gasteiger partial charge < -0.3 is 5.11 Å². The summed E-state index contributed by atoms with van der Waals surface area (Å²) in [6, 6.07) is 5.54. The van der Waals surface area contributed by atoms with Crippen molar-refractivity contribution in [3.8, 4) is 0 Å². The fourth-order valence-corrected chi connectivity index (χ4v) is 3.54. The van der Waals surface area contributed by atoms with Gasteiger partial charge in [0.25, 0.3) is 0 Å². The average molecular weight is 301 g/mol. The minimum absolute atomic E-state index is 0.596. The van der Waals surface area contributed by atoms with Gasteiger partial charge in [0.1, 0.15) is 0 Å². The van der Waals surface area contributed by atoms with E-state index in [1.807, 2.05) is 12.1 Å². The van der Waals surface area contributed by atoms with E-state index in [1.165, 1.54) is 12.8 Å². The first kappa shape index (κ1) is 15.2. The van der Waals surface area contributed by atoms with Crippen LogP contribution < -0.4 is 0 Å². The third-order valence-corrected chi connectivity index (χ3v) is 4.97. The maximum atomic E-state index is 10.8. The van der Waals surface area contributed by atoms with E-state index in [1.54, 1.807) is 6.07 Å². The summed E-state index contributed by atoms with van der Waals surface area (Å²) in [5, 5.41) is 12.1. The zero-order valence-electron chi connectivity index (χ0n) is 11.5. The first-order valence-corrected chi connectivity index (χ1v) is 7.94. The average Bonchev–Trinajstić information content (AvgIpc) is 2.55. The summed E-state index contributed by atoms with van der Waals surface area (Å²) < 4.78 is 0. The van der Waals surface area contributed by atoms with Gasteiger partial charge in [-0.05, 0) is 42.9 Å². The molecule has 1 N–H and O–H groups in total. The van der Waals surface area contributed by atoms with E-state index in [9.17, 15) is 5.11 Å². The first-order valence-electron chi connectivity index (χ1n) is 7.19. The molecular weight excluding hydrogens is 279 g/mol. The Bertz CT molecular complexity index is 433. The van der Waals surface area contributed by atoms with Gasteiger partial charge in [0, 0.05) is 16.5 Å². The van der Waals surface area contributed by atoms with Crippen LogP contribution in [0.2, 0.25) is 10.0 Å². The quantitative estimate of drug-likeness (QED) is 0.755. The summed E-state index contributed by atoms with van der Waals surface area (Å²) in [7, 11) is 0. The van der Waals surface area contributed by atoms with Crippen molar-refractivity contribution in [3.63, 3.8) is 0 Å². The van der Waals surface area contributed by atoms with Crippen LogP contribution in [0.25, 0.3) is 0 Å². The summed E-state index contributed by atoms with van der Waals surface area (Å²) in [5.41, 5.74) is 0.407. The Morgan fingerprint density at radius 2 is 2.05 bits per heavy atom. The fourth-order valence-electron chi connectivity index (χ4n) is 3.07. The van der Waals surface area contributed by atoms with E-state index in [0.29, 0.717) is 16.5 Å². The number of aliphatic hydroxyl groups is 1. The molecule has 0 aromatic heterocycles. The summed E-state index contributed by atoms with van der Waals surface area (Å²) in [6.45, 7) is 2.24. The van der Waals surface area contributed by atoms with E-state index < -0.39 is 5.60 Å². The highest BCUT2D eigenvalue weighted by atomic mass is 35.5. The van der Waals surface area contributed by atoms with Crippen LogP contribution in [0, 0.1) is 5.92 Å². The number of benzene rings is 1. The lowest BCUT2D eigenvalue weighted by molar-refractivity contribution is 0.0242. The van der Waals surface area contributed by atoms with E-state index in [2.05, 4.69) is 6.92 Å². The van der Waals surface area contributed by atoms with E-state index in [0.717, 1.165) is 37.2 Å². The Balaban J connectivity index is 2.08. The molecule has 1 aromatic carbocycles. The Morgan fingerprint density at radius 1 is 1.26 bits per heavy atom. The van der Waals surface area contributed by atoms with Crippen molar-refractivity contribution in [1.29, 1.82) is 0 Å². The third kappa shape index (κ3) is 4.11. The second-order valence-corrected chi connectivity index (χ2v) is 6.69. The van der Waals surface area contributed by atoms with Crippen LogP contribution in [0.1, 0.15) is 51.0 Å². The van der Waals surface area contributed by atoms with Crippen molar-refractivity contribution >= 4 is 23.2 Å². The minimum atomic E-state index is -0.596. The molecule has 19 heavy (non-hydrogen) atoms. The summed E-state index contributed by atoms with van der Waals surface area (Å²) in [6.07, 6.45) is 7.09. The van der Waals surface area contributed by atoms with Crippen LogP contribution in [0.4, 0.5) is 0 Å². The molecule has 1 aromatic rings. The second-order valence-electron chi connectivity index (χ2n) is 5.84. The van der Waals surface area contributed by atoms with Gasteiger partial charge in [0.05, 0.1) is 5.60 Å². The molecule has 0 spiro atoms. The number of hydrogen-bond acceptors (Lipinski definition) is 1. The maximum absolute atomic E-state index is 10.8. The number of halogens is 2. The Hall–Kier alpha value is -0.240. The van der Waals surface area contributed by atoms with Crippen LogP contribution in [-0.4, -0.2) is 10.7 Å². The molecular formula is C16H22Cl2O. The SMILES string of the molecule is CCC1CCCC(O)(Cc2ccc(Cl)cc2Cl)CC1. The smallest absolute Gasteiger partial charge is 0.0688 e. The van der Waals surface area contributed by atoms with Crippen LogP contribution in [0.5, 0.6) is 0 Å². The second kappa shape index (κ2) is 6.47. The van der Waals surface area contributed by atoms with E-state index >= 15 is 0 Å². The normalized spacial score (nSPS) is 28.1. The summed E-state index contributed by atoms with van der Waals surface area (Å²) in [4.78, 5) is 0. The van der Waals surface area contributed by atoms with Crippen molar-refractivity contribution in [2.45, 2.75) is 57.5 Å². The molecule has 1 nitrogen and oxygen atoms in total. The standard InChI is InChI=1S/C16H22Cl2O/c1-2-12-4-3-8-16(19,9-7-12)11-13-5-6-14(17)10-15(13)18/h5-6,10,12,19H,2-4,7-9,11H2,1H3. The van der Waals surface area contributed by atoms with Gasteiger partial charge in [-0.2, -0.15) is 0 Å². The monoisotopic (exact) mass is 300 g/mol. The summed E-state index contributed by atoms with van der Waals surface area (Å²) >= 11 is 12.1. The summed E-state index contributed by atoms with van der Waals surface area (Å²) in [5.74, 6) is 0.773. The van der Waals surface area contributed by atoms with E-state index in [-0.39, 0.29) is 0 Å². The molecule has 0 aliphatic heterocycles. The largest absolute Gasteiger partial charge is 0.390 e. The van der Waals surface area contributed by atoms with Gasteiger partial charge in [-0.15, -0.1) is 0 Å². The minimum Gasteiger partial charge on any atom is -0.390 e. The van der Waals surface area contributed by atoms with Crippen LogP contribution in [0.15, 0.2) is 18.2 Å². The fraction of sp³-hybridized carbons (Fsp3) is 0.625. The van der Waals surface area contributed by atoms with Crippen molar-refractivity contribution < 1.29 is 5.11 Å². The zero-order valence-corrected chi connectivity index (χ0v) is 13.0. The van der Waals surface area contributed by atoms with Gasteiger partial charge in [-0.1, -0.05) is 55.5 Å². The highest BCUT2D eigenvalue weighted by molar-refractivity contribution is 6.35. The molecule has 2 unspecified atom stereocenters. The van der Waals surface area contributed by atoms with Crippen LogP contribution in [0.3, 0.4) is 0 Å². The van der Waals surface area contributed by atoms with Gasteiger partial charge in [-0.3, -0.25) is 0 Å². The lowest BCUT2D eigenvalue weighted by atomic mass is 9.87. The van der Waals surface area contributed by atoms with Crippen molar-refractivity contribution in [1.82, 2.24) is 0 Å². The highest BCUT2D eigenvalue weighted by Crippen LogP contribution is 2.35. The van der Waals surface area contributed by atoms with Gasteiger partial charge >= 0.3 is 0 Å². The Labute approximate surface area is 125 Å². The molecule has 1 aliphatic rings. The molecule has 0 amide bonds. The predicted molar refractivity (Wildman–Crippen MR) is 82.0 cm³/mol. The molecule has 1 saturated carbocycles. The molecule has 0 heterocycles. The van der Waals surface area contributed by atoms with Crippen molar-refractivity contribution in [2.24, 2.45) is 5.92 Å². The maximum Gasteiger partial charge on any atom is 0.0688 e. The predicted octanol–water partition coefficient (Wildman–Crippen LogP) is 5.26. The Kier molecular flexibility index (Phi) is 5.16. The number of hydrogen-bond donors (Lipinski definition) is 1. The van der Waals surface area contributed by atoms with Crippen molar-refractivity contribution in [3.05, 3.63) is 33.8 Å². The molecule has 3 heteroatoms. The molecule has 1 fully saturated rings. The van der Waals surface area contributed by atoms with Crippen molar-refractivity contribution in [2.75, 3.05) is 0 Å². The Morgan fingerprint density at radius 3 is 2.74 bits per heavy atom.